The molecular weight excluding hydrogens is 215 g/mol. The molecule has 2 nitrogen and oxygen atoms in total. The molecule has 0 N–H and O–H groups in total. The van der Waals surface area contributed by atoms with Crippen molar-refractivity contribution in [3.63, 3.8) is 0 Å². The quantitative estimate of drug-likeness (QED) is 0.635. The van der Waals surface area contributed by atoms with Crippen molar-refractivity contribution in [1.82, 2.24) is 9.15 Å². The molecule has 0 fully saturated rings. The van der Waals surface area contributed by atoms with Gasteiger partial charge >= 0.3 is 6.67 Å². The molecule has 2 aromatic rings. The second kappa shape index (κ2) is 3.77. The second-order valence-corrected chi connectivity index (χ2v) is 4.23. The van der Waals surface area contributed by atoms with E-state index in [1.165, 1.54) is 22.8 Å². The summed E-state index contributed by atoms with van der Waals surface area (Å²) in [6.45, 7) is 0.797. The molecule has 0 bridgehead atoms. The van der Waals surface area contributed by atoms with Crippen molar-refractivity contribution in [1.29, 1.82) is 0 Å². The Hall–Kier alpha value is -2.03. The van der Waals surface area contributed by atoms with Gasteiger partial charge in [-0.3, -0.25) is 0 Å². The molecular formula is C14H13FN2+2. The van der Waals surface area contributed by atoms with E-state index in [0.717, 1.165) is 12.4 Å². The lowest BCUT2D eigenvalue weighted by Crippen LogP contribution is -2.32. The lowest BCUT2D eigenvalue weighted by molar-refractivity contribution is 0.613. The second-order valence-electron chi connectivity index (χ2n) is 4.23. The lowest BCUT2D eigenvalue weighted by atomic mass is 10.3. The summed E-state index contributed by atoms with van der Waals surface area (Å²) >= 11 is 0. The van der Waals surface area contributed by atoms with Crippen LogP contribution in [0.1, 0.15) is 0 Å². The van der Waals surface area contributed by atoms with E-state index in [4.69, 9.17) is 0 Å². The fraction of sp³-hybridized carbons (Fsp3) is 0.143. The number of halogens is 1. The van der Waals surface area contributed by atoms with Gasteiger partial charge in [0.15, 0.2) is 0 Å². The van der Waals surface area contributed by atoms with Gasteiger partial charge in [0, 0.05) is 24.3 Å². The standard InChI is InChI=1S/C14H13FN2/c1-16-10-17(12-8-6-11(15)7-9-12)14-5-3-2-4-13(14)16/h2-9H,10H2,1H3/q+2. The molecule has 1 aliphatic heterocycles. The molecule has 3 rings (SSSR count). The fourth-order valence-corrected chi connectivity index (χ4v) is 2.22. The number of para-hydroxylation sites is 2. The van der Waals surface area contributed by atoms with Crippen LogP contribution in [-0.4, -0.2) is 13.7 Å². The number of benzene rings is 2. The number of fused-ring (bicyclic) bond motifs is 1. The Morgan fingerprint density at radius 1 is 0.941 bits per heavy atom. The van der Waals surface area contributed by atoms with Crippen molar-refractivity contribution in [3.8, 4) is 0 Å². The molecule has 84 valence electrons. The van der Waals surface area contributed by atoms with Crippen LogP contribution >= 0.6 is 0 Å². The molecule has 0 atom stereocenters. The van der Waals surface area contributed by atoms with Gasteiger partial charge in [0.25, 0.3) is 10.7 Å². The lowest BCUT2D eigenvalue weighted by Gasteiger charge is -1.94. The Kier molecular flexibility index (Phi) is 2.25. The van der Waals surface area contributed by atoms with Gasteiger partial charge in [0.05, 0.1) is 0 Å². The van der Waals surface area contributed by atoms with Crippen molar-refractivity contribution in [3.05, 3.63) is 65.1 Å². The van der Waals surface area contributed by atoms with E-state index in [1.807, 2.05) is 24.3 Å². The normalized spacial score (nSPS) is 14.0. The molecule has 2 aromatic carbocycles. The van der Waals surface area contributed by atoms with Gasteiger partial charge in [-0.2, -0.15) is 4.58 Å². The maximum absolute atomic E-state index is 12.9. The van der Waals surface area contributed by atoms with E-state index in [1.54, 1.807) is 0 Å². The number of hydrogen-bond donors (Lipinski definition) is 0. The molecule has 0 aliphatic carbocycles. The van der Waals surface area contributed by atoms with E-state index >= 15 is 0 Å². The van der Waals surface area contributed by atoms with E-state index in [2.05, 4.69) is 28.3 Å². The van der Waals surface area contributed by atoms with Gasteiger partial charge in [-0.25, -0.2) is 4.39 Å². The van der Waals surface area contributed by atoms with Gasteiger partial charge in [-0.15, -0.1) is 4.58 Å². The summed E-state index contributed by atoms with van der Waals surface area (Å²) in [6, 6.07) is 14.8. The molecule has 0 aromatic heterocycles. The van der Waals surface area contributed by atoms with Crippen LogP contribution in [0.4, 0.5) is 10.1 Å². The average molecular weight is 228 g/mol. The highest BCUT2D eigenvalue weighted by Gasteiger charge is 2.24. The van der Waals surface area contributed by atoms with Crippen LogP contribution in [0.5, 0.6) is 0 Å². The van der Waals surface area contributed by atoms with Crippen LogP contribution in [0.2, 0.25) is 0 Å². The molecule has 0 saturated heterocycles. The van der Waals surface area contributed by atoms with Crippen LogP contribution in [-0.2, 0) is 0 Å². The minimum absolute atomic E-state index is 0.199. The van der Waals surface area contributed by atoms with Crippen molar-refractivity contribution in [2.75, 3.05) is 13.7 Å². The Bertz CT molecular complexity index is 687. The summed E-state index contributed by atoms with van der Waals surface area (Å²) in [5.74, 6) is -0.199. The summed E-state index contributed by atoms with van der Waals surface area (Å²) in [5.41, 5.74) is 1.02. The third-order valence-corrected chi connectivity index (χ3v) is 3.08. The molecule has 0 radical (unpaired) electrons. The molecule has 17 heavy (non-hydrogen) atoms. The fourth-order valence-electron chi connectivity index (χ4n) is 2.22. The van der Waals surface area contributed by atoms with Crippen molar-refractivity contribution in [2.45, 2.75) is 0 Å². The summed E-state index contributed by atoms with van der Waals surface area (Å²) in [4.78, 5) is 0. The van der Waals surface area contributed by atoms with Crippen LogP contribution in [0, 0.1) is 5.82 Å². The van der Waals surface area contributed by atoms with Crippen LogP contribution in [0.25, 0.3) is 0 Å². The van der Waals surface area contributed by atoms with Gasteiger partial charge in [0.1, 0.15) is 12.9 Å². The van der Waals surface area contributed by atoms with Gasteiger partial charge in [-0.05, 0) is 12.1 Å². The zero-order valence-electron chi connectivity index (χ0n) is 9.60. The zero-order valence-corrected chi connectivity index (χ0v) is 9.60. The van der Waals surface area contributed by atoms with Crippen LogP contribution < -0.4 is 19.9 Å². The van der Waals surface area contributed by atoms with E-state index < -0.39 is 0 Å². The minimum atomic E-state index is -0.199. The molecule has 0 saturated carbocycles. The number of nitrogens with zero attached hydrogens (tertiary/aromatic N) is 2. The van der Waals surface area contributed by atoms with Crippen LogP contribution in [0.15, 0.2) is 48.5 Å². The Morgan fingerprint density at radius 2 is 1.59 bits per heavy atom. The summed E-state index contributed by atoms with van der Waals surface area (Å²) < 4.78 is 17.3. The minimum Gasteiger partial charge on any atom is -0.207 e. The monoisotopic (exact) mass is 228 g/mol. The predicted octanol–water partition coefficient (Wildman–Crippen LogP) is 0.740. The average Bonchev–Trinajstić information content (AvgIpc) is 2.69. The molecule has 1 heterocycles. The number of hydrogen-bond acceptors (Lipinski definition) is 0. The van der Waals surface area contributed by atoms with Gasteiger partial charge < -0.3 is 0 Å². The third-order valence-electron chi connectivity index (χ3n) is 3.08. The van der Waals surface area contributed by atoms with Gasteiger partial charge in [-0.1, -0.05) is 12.1 Å². The van der Waals surface area contributed by atoms with Crippen molar-refractivity contribution < 1.29 is 4.39 Å². The highest BCUT2D eigenvalue weighted by molar-refractivity contribution is 5.38. The first-order valence-electron chi connectivity index (χ1n) is 5.59. The molecule has 0 amide bonds. The highest BCUT2D eigenvalue weighted by Crippen LogP contribution is 2.09. The van der Waals surface area contributed by atoms with Gasteiger partial charge in [0.2, 0.25) is 5.69 Å². The molecule has 3 heteroatoms. The third kappa shape index (κ3) is 1.64. The first kappa shape index (κ1) is 10.1. The first-order valence-corrected chi connectivity index (χ1v) is 5.59. The largest absolute Gasteiger partial charge is 0.340 e. The summed E-state index contributed by atoms with van der Waals surface area (Å²) in [7, 11) is 2.06. The highest BCUT2D eigenvalue weighted by atomic mass is 19.1. The van der Waals surface area contributed by atoms with E-state index in [-0.39, 0.29) is 5.82 Å². The molecule has 1 aliphatic rings. The first-order chi connectivity index (χ1) is 8.25. The van der Waals surface area contributed by atoms with E-state index in [9.17, 15) is 4.39 Å². The summed E-state index contributed by atoms with van der Waals surface area (Å²) in [5, 5.41) is 2.37. The zero-order chi connectivity index (χ0) is 11.8. The molecule has 0 spiro atoms. The topological polar surface area (TPSA) is 6.02 Å². The Morgan fingerprint density at radius 3 is 2.29 bits per heavy atom. The van der Waals surface area contributed by atoms with Crippen molar-refractivity contribution >= 4 is 5.69 Å². The SMILES string of the molecule is C[N+]1=c2ccccc2=[N+](c2ccc(F)cc2)C1. The van der Waals surface area contributed by atoms with Crippen LogP contribution in [0.3, 0.4) is 0 Å². The maximum atomic E-state index is 12.9. The predicted molar refractivity (Wildman–Crippen MR) is 65.0 cm³/mol. The summed E-state index contributed by atoms with van der Waals surface area (Å²) in [6.07, 6.45) is 0. The van der Waals surface area contributed by atoms with Crippen molar-refractivity contribution in [2.24, 2.45) is 0 Å². The number of rotatable bonds is 1. The van der Waals surface area contributed by atoms with E-state index in [0.29, 0.717) is 0 Å². The molecule has 0 unspecified atom stereocenters. The Balaban J connectivity index is 2.28. The maximum Gasteiger partial charge on any atom is 0.340 e. The smallest absolute Gasteiger partial charge is 0.207 e. The Labute approximate surface area is 98.6 Å².